The molecule has 11 heteroatoms. The van der Waals surface area contributed by atoms with Gasteiger partial charge in [0.25, 0.3) is 5.56 Å². The minimum Gasteiger partial charge on any atom is -0.480 e. The van der Waals surface area contributed by atoms with Gasteiger partial charge in [0.2, 0.25) is 11.8 Å². The van der Waals surface area contributed by atoms with Gasteiger partial charge in [-0.1, -0.05) is 13.0 Å². The molecule has 1 amide bonds. The van der Waals surface area contributed by atoms with Gasteiger partial charge in [0.15, 0.2) is 5.65 Å². The maximum Gasteiger partial charge on any atom is 0.252 e. The number of amides is 1. The quantitative estimate of drug-likeness (QED) is 0.375. The summed E-state index contributed by atoms with van der Waals surface area (Å²) in [4.78, 5) is 39.6. The Bertz CT molecular complexity index is 1280. The van der Waals surface area contributed by atoms with E-state index >= 15 is 0 Å². The van der Waals surface area contributed by atoms with Crippen LogP contribution in [0.2, 0.25) is 0 Å². The third kappa shape index (κ3) is 6.04. The fourth-order valence-electron chi connectivity index (χ4n) is 4.31. The molecule has 1 fully saturated rings. The largest absolute Gasteiger partial charge is 0.480 e. The molecule has 3 N–H and O–H groups in total. The van der Waals surface area contributed by atoms with Crippen LogP contribution in [-0.2, 0) is 17.9 Å². The van der Waals surface area contributed by atoms with E-state index in [1.54, 1.807) is 17.6 Å². The summed E-state index contributed by atoms with van der Waals surface area (Å²) in [6, 6.07) is 7.02. The Balaban J connectivity index is 1.31. The summed E-state index contributed by atoms with van der Waals surface area (Å²) in [6.07, 6.45) is 1.46. The van der Waals surface area contributed by atoms with Gasteiger partial charge in [0, 0.05) is 57.7 Å². The molecule has 0 aromatic carbocycles. The van der Waals surface area contributed by atoms with E-state index in [2.05, 4.69) is 30.5 Å². The summed E-state index contributed by atoms with van der Waals surface area (Å²) < 4.78 is 6.76. The zero-order valence-electron chi connectivity index (χ0n) is 20.9. The SMILES string of the molecule is CCC(=O)Nc1nc(CNCC2CN(CCn3c(=O)ccc4ncc(OC)nc43)CC2O)ccc1C. The van der Waals surface area contributed by atoms with Crippen molar-refractivity contribution in [1.29, 1.82) is 0 Å². The van der Waals surface area contributed by atoms with Crippen LogP contribution < -0.4 is 20.9 Å². The van der Waals surface area contributed by atoms with E-state index in [0.29, 0.717) is 68.6 Å². The minimum atomic E-state index is -0.466. The number of aromatic nitrogens is 4. The Morgan fingerprint density at radius 2 is 2.03 bits per heavy atom. The van der Waals surface area contributed by atoms with Crippen molar-refractivity contribution < 1.29 is 14.6 Å². The van der Waals surface area contributed by atoms with Crippen LogP contribution in [0.3, 0.4) is 0 Å². The lowest BCUT2D eigenvalue weighted by Gasteiger charge is -2.17. The average Bonchev–Trinajstić information content (AvgIpc) is 3.23. The zero-order valence-corrected chi connectivity index (χ0v) is 20.9. The van der Waals surface area contributed by atoms with Crippen LogP contribution >= 0.6 is 0 Å². The number of pyridine rings is 2. The van der Waals surface area contributed by atoms with E-state index in [1.165, 1.54) is 19.4 Å². The molecule has 2 atom stereocenters. The number of ether oxygens (including phenoxy) is 1. The normalized spacial score (nSPS) is 18.0. The molecule has 3 aromatic heterocycles. The molecule has 3 aromatic rings. The summed E-state index contributed by atoms with van der Waals surface area (Å²) in [7, 11) is 1.51. The standard InChI is InChI=1S/C25H33N7O4/c1-4-21(34)29-24-16(2)5-6-18(28-24)12-26-11-17-14-31(15-20(17)33)9-10-32-23(35)8-7-19-25(32)30-22(36-3)13-27-19/h5-8,13,17,20,26,33H,4,9-12,14-15H2,1-3H3,(H,28,29,34). The van der Waals surface area contributed by atoms with E-state index in [9.17, 15) is 14.7 Å². The van der Waals surface area contributed by atoms with Gasteiger partial charge in [-0.25, -0.2) is 9.97 Å². The number of hydrogen-bond acceptors (Lipinski definition) is 9. The lowest BCUT2D eigenvalue weighted by Crippen LogP contribution is -2.31. The maximum absolute atomic E-state index is 12.5. The van der Waals surface area contributed by atoms with Crippen LogP contribution in [0.4, 0.5) is 5.82 Å². The Labute approximate surface area is 209 Å². The number of methoxy groups -OCH3 is 1. The number of nitrogens with zero attached hydrogens (tertiary/aromatic N) is 5. The predicted molar refractivity (Wildman–Crippen MR) is 136 cm³/mol. The lowest BCUT2D eigenvalue weighted by molar-refractivity contribution is -0.115. The second kappa shape index (κ2) is 11.5. The second-order valence-corrected chi connectivity index (χ2v) is 9.03. The molecule has 36 heavy (non-hydrogen) atoms. The van der Waals surface area contributed by atoms with E-state index < -0.39 is 6.10 Å². The van der Waals surface area contributed by atoms with Crippen molar-refractivity contribution in [1.82, 2.24) is 29.7 Å². The van der Waals surface area contributed by atoms with Gasteiger partial charge in [-0.15, -0.1) is 0 Å². The molecule has 0 spiro atoms. The average molecular weight is 496 g/mol. The number of fused-ring (bicyclic) bond motifs is 1. The maximum atomic E-state index is 12.5. The van der Waals surface area contributed by atoms with Gasteiger partial charge < -0.3 is 20.5 Å². The van der Waals surface area contributed by atoms with Gasteiger partial charge in [-0.3, -0.25) is 19.1 Å². The Morgan fingerprint density at radius 3 is 2.81 bits per heavy atom. The number of aliphatic hydroxyl groups excluding tert-OH is 1. The molecule has 4 heterocycles. The first kappa shape index (κ1) is 25.7. The topological polar surface area (TPSA) is 134 Å². The van der Waals surface area contributed by atoms with Crippen LogP contribution in [0.1, 0.15) is 24.6 Å². The molecular weight excluding hydrogens is 462 g/mol. The van der Waals surface area contributed by atoms with Gasteiger partial charge in [-0.2, -0.15) is 4.98 Å². The van der Waals surface area contributed by atoms with E-state index in [0.717, 1.165) is 11.3 Å². The van der Waals surface area contributed by atoms with Crippen molar-refractivity contribution in [2.45, 2.75) is 39.5 Å². The van der Waals surface area contributed by atoms with Gasteiger partial charge in [0.1, 0.15) is 11.3 Å². The molecule has 0 radical (unpaired) electrons. The number of aliphatic hydroxyl groups is 1. The molecule has 192 valence electrons. The third-order valence-corrected chi connectivity index (χ3v) is 6.44. The number of carbonyl (C=O) groups excluding carboxylic acids is 1. The van der Waals surface area contributed by atoms with Crippen molar-refractivity contribution in [3.8, 4) is 5.88 Å². The molecule has 1 saturated heterocycles. The first-order valence-electron chi connectivity index (χ1n) is 12.2. The number of aryl methyl sites for hydroxylation is 1. The molecule has 1 aliphatic heterocycles. The number of hydrogen-bond donors (Lipinski definition) is 3. The molecule has 0 aliphatic carbocycles. The second-order valence-electron chi connectivity index (χ2n) is 9.03. The first-order chi connectivity index (χ1) is 17.4. The number of nitrogens with one attached hydrogen (secondary N) is 2. The number of rotatable bonds is 10. The van der Waals surface area contributed by atoms with Crippen LogP contribution in [-0.4, -0.2) is 74.8 Å². The highest BCUT2D eigenvalue weighted by molar-refractivity contribution is 5.90. The number of carbonyl (C=O) groups is 1. The van der Waals surface area contributed by atoms with Gasteiger partial charge in [-0.05, 0) is 24.6 Å². The highest BCUT2D eigenvalue weighted by atomic mass is 16.5. The summed E-state index contributed by atoms with van der Waals surface area (Å²) in [6.45, 7) is 7.16. The fourth-order valence-corrected chi connectivity index (χ4v) is 4.31. The molecule has 0 bridgehead atoms. The van der Waals surface area contributed by atoms with Crippen LogP contribution in [0.25, 0.3) is 11.2 Å². The van der Waals surface area contributed by atoms with Crippen LogP contribution in [0.5, 0.6) is 5.88 Å². The highest BCUT2D eigenvalue weighted by Crippen LogP contribution is 2.18. The van der Waals surface area contributed by atoms with E-state index in [1.807, 2.05) is 19.1 Å². The minimum absolute atomic E-state index is 0.0545. The first-order valence-corrected chi connectivity index (χ1v) is 12.2. The Morgan fingerprint density at radius 1 is 1.19 bits per heavy atom. The number of β-amino-alcohol motifs (C(OH)–C–C–N with tert-alkyl or cyclic N) is 1. The number of likely N-dealkylation sites (tertiary alicyclic amines) is 1. The van der Waals surface area contributed by atoms with Crippen LogP contribution in [0.15, 0.2) is 35.3 Å². The van der Waals surface area contributed by atoms with E-state index in [-0.39, 0.29) is 17.4 Å². The molecule has 0 saturated carbocycles. The van der Waals surface area contributed by atoms with Gasteiger partial charge in [0.05, 0.1) is 25.1 Å². The molecular formula is C25H33N7O4. The van der Waals surface area contributed by atoms with Crippen LogP contribution in [0, 0.1) is 12.8 Å². The smallest absolute Gasteiger partial charge is 0.252 e. The van der Waals surface area contributed by atoms with Crippen molar-refractivity contribution in [3.63, 3.8) is 0 Å². The van der Waals surface area contributed by atoms with Crippen molar-refractivity contribution in [2.75, 3.05) is 38.6 Å². The number of anilines is 1. The molecule has 4 rings (SSSR count). The summed E-state index contributed by atoms with van der Waals surface area (Å²) in [5, 5.41) is 16.8. The summed E-state index contributed by atoms with van der Waals surface area (Å²) in [5.41, 5.74) is 2.70. The highest BCUT2D eigenvalue weighted by Gasteiger charge is 2.30. The Hall–Kier alpha value is -3.41. The summed E-state index contributed by atoms with van der Waals surface area (Å²) in [5.74, 6) is 0.924. The zero-order chi connectivity index (χ0) is 25.7. The van der Waals surface area contributed by atoms with Crippen molar-refractivity contribution in [3.05, 3.63) is 52.1 Å². The van der Waals surface area contributed by atoms with Crippen molar-refractivity contribution >= 4 is 22.9 Å². The van der Waals surface area contributed by atoms with E-state index in [4.69, 9.17) is 4.74 Å². The molecule has 11 nitrogen and oxygen atoms in total. The van der Waals surface area contributed by atoms with Gasteiger partial charge >= 0.3 is 0 Å². The predicted octanol–water partition coefficient (Wildman–Crippen LogP) is 0.935. The van der Waals surface area contributed by atoms with Crippen molar-refractivity contribution in [2.24, 2.45) is 5.92 Å². The third-order valence-electron chi connectivity index (χ3n) is 6.44. The Kier molecular flexibility index (Phi) is 8.24. The summed E-state index contributed by atoms with van der Waals surface area (Å²) >= 11 is 0. The molecule has 1 aliphatic rings. The molecule has 2 unspecified atom stereocenters. The monoisotopic (exact) mass is 495 g/mol. The fraction of sp³-hybridized carbons (Fsp3) is 0.480. The lowest BCUT2D eigenvalue weighted by atomic mass is 10.1.